The van der Waals surface area contributed by atoms with Crippen molar-refractivity contribution in [3.05, 3.63) is 35.5 Å². The van der Waals surface area contributed by atoms with Crippen LogP contribution in [0.3, 0.4) is 0 Å². The molecule has 0 radical (unpaired) electrons. The van der Waals surface area contributed by atoms with Crippen molar-refractivity contribution >= 4 is 5.82 Å². The molecule has 1 aliphatic carbocycles. The Bertz CT molecular complexity index is 526. The Morgan fingerprint density at radius 1 is 1.31 bits per heavy atom. The molecule has 0 saturated heterocycles. The topological polar surface area (TPSA) is 56.7 Å². The monoisotopic (exact) mass is 214 g/mol. The molecular weight excluding hydrogens is 200 g/mol. The Morgan fingerprint density at radius 3 is 2.75 bits per heavy atom. The molecular formula is C12H14N4. The van der Waals surface area contributed by atoms with Crippen LogP contribution in [0.1, 0.15) is 30.0 Å². The van der Waals surface area contributed by atoms with Crippen molar-refractivity contribution in [3.8, 4) is 5.69 Å². The van der Waals surface area contributed by atoms with Gasteiger partial charge in [-0.3, -0.25) is 0 Å². The molecule has 0 spiro atoms. The number of para-hydroxylation sites is 1. The molecule has 1 aromatic heterocycles. The van der Waals surface area contributed by atoms with Crippen LogP contribution in [0.15, 0.2) is 24.3 Å². The first-order chi connectivity index (χ1) is 7.77. The van der Waals surface area contributed by atoms with Gasteiger partial charge in [-0.1, -0.05) is 23.4 Å². The van der Waals surface area contributed by atoms with Crippen molar-refractivity contribution in [2.24, 2.45) is 0 Å². The van der Waals surface area contributed by atoms with Gasteiger partial charge in [-0.2, -0.15) is 4.68 Å². The second kappa shape index (κ2) is 3.33. The summed E-state index contributed by atoms with van der Waals surface area (Å²) >= 11 is 0. The second-order valence-corrected chi connectivity index (χ2v) is 4.33. The fourth-order valence-corrected chi connectivity index (χ4v) is 1.93. The minimum atomic E-state index is 0.540. The summed E-state index contributed by atoms with van der Waals surface area (Å²) in [5.74, 6) is 1.23. The van der Waals surface area contributed by atoms with E-state index in [4.69, 9.17) is 5.73 Å². The first-order valence-corrected chi connectivity index (χ1v) is 5.54. The van der Waals surface area contributed by atoms with E-state index in [0.29, 0.717) is 11.7 Å². The molecule has 3 rings (SSSR count). The van der Waals surface area contributed by atoms with Crippen molar-refractivity contribution in [1.82, 2.24) is 15.0 Å². The zero-order valence-electron chi connectivity index (χ0n) is 9.22. The number of nitrogen functional groups attached to an aromatic ring is 1. The molecule has 2 N–H and O–H groups in total. The Morgan fingerprint density at radius 2 is 2.06 bits per heavy atom. The highest BCUT2D eigenvalue weighted by atomic mass is 15.5. The Balaban J connectivity index is 2.10. The lowest BCUT2D eigenvalue weighted by atomic mass is 10.2. The zero-order valence-corrected chi connectivity index (χ0v) is 9.22. The number of anilines is 1. The summed E-state index contributed by atoms with van der Waals surface area (Å²) in [7, 11) is 0. The van der Waals surface area contributed by atoms with Crippen LogP contribution in [0.2, 0.25) is 0 Å². The maximum atomic E-state index is 6.08. The van der Waals surface area contributed by atoms with Crippen LogP contribution in [0.25, 0.3) is 5.69 Å². The molecule has 0 amide bonds. The van der Waals surface area contributed by atoms with E-state index in [1.165, 1.54) is 12.8 Å². The molecule has 1 aromatic carbocycles. The molecule has 0 atom stereocenters. The lowest BCUT2D eigenvalue weighted by molar-refractivity contribution is 0.797. The summed E-state index contributed by atoms with van der Waals surface area (Å²) in [5.41, 5.74) is 9.21. The minimum absolute atomic E-state index is 0.540. The summed E-state index contributed by atoms with van der Waals surface area (Å²) < 4.78 is 1.74. The number of hydrogen-bond acceptors (Lipinski definition) is 3. The molecule has 1 fully saturated rings. The number of aromatic nitrogens is 3. The SMILES string of the molecule is Cc1ccccc1-n1nnc(C2CC2)c1N. The van der Waals surface area contributed by atoms with Crippen LogP contribution in [0, 0.1) is 6.92 Å². The highest BCUT2D eigenvalue weighted by Gasteiger charge is 2.30. The summed E-state index contributed by atoms with van der Waals surface area (Å²) in [6, 6.07) is 8.05. The molecule has 16 heavy (non-hydrogen) atoms. The normalized spacial score (nSPS) is 15.3. The van der Waals surface area contributed by atoms with Gasteiger partial charge in [0.25, 0.3) is 0 Å². The van der Waals surface area contributed by atoms with Gasteiger partial charge in [0.2, 0.25) is 0 Å². The third-order valence-corrected chi connectivity index (χ3v) is 3.04. The molecule has 2 aromatic rings. The van der Waals surface area contributed by atoms with Crippen molar-refractivity contribution < 1.29 is 0 Å². The molecule has 4 nitrogen and oxygen atoms in total. The summed E-state index contributed by atoms with van der Waals surface area (Å²) in [5, 5.41) is 8.33. The minimum Gasteiger partial charge on any atom is -0.382 e. The van der Waals surface area contributed by atoms with E-state index < -0.39 is 0 Å². The standard InChI is InChI=1S/C12H14N4/c1-8-4-2-3-5-10(8)16-12(13)11(14-15-16)9-6-7-9/h2-5,9H,6-7,13H2,1H3. The van der Waals surface area contributed by atoms with E-state index in [2.05, 4.69) is 10.3 Å². The highest BCUT2D eigenvalue weighted by Crippen LogP contribution is 2.41. The van der Waals surface area contributed by atoms with Gasteiger partial charge in [-0.25, -0.2) is 0 Å². The average Bonchev–Trinajstić information content (AvgIpc) is 3.05. The maximum Gasteiger partial charge on any atom is 0.151 e. The zero-order chi connectivity index (χ0) is 11.1. The van der Waals surface area contributed by atoms with Crippen LogP contribution < -0.4 is 5.73 Å². The summed E-state index contributed by atoms with van der Waals surface area (Å²) in [6.07, 6.45) is 2.38. The molecule has 1 aliphatic rings. The van der Waals surface area contributed by atoms with Gasteiger partial charge in [0.15, 0.2) is 5.82 Å². The van der Waals surface area contributed by atoms with Crippen molar-refractivity contribution in [2.45, 2.75) is 25.7 Å². The molecule has 0 unspecified atom stereocenters. The van der Waals surface area contributed by atoms with Crippen LogP contribution in [0.4, 0.5) is 5.82 Å². The Kier molecular flexibility index (Phi) is 1.96. The van der Waals surface area contributed by atoms with Crippen molar-refractivity contribution in [2.75, 3.05) is 5.73 Å². The van der Waals surface area contributed by atoms with E-state index in [1.54, 1.807) is 4.68 Å². The fraction of sp³-hybridized carbons (Fsp3) is 0.333. The van der Waals surface area contributed by atoms with Crippen LogP contribution in [-0.2, 0) is 0 Å². The predicted molar refractivity (Wildman–Crippen MR) is 62.5 cm³/mol. The fourth-order valence-electron chi connectivity index (χ4n) is 1.93. The Labute approximate surface area is 94.1 Å². The van der Waals surface area contributed by atoms with Crippen LogP contribution in [-0.4, -0.2) is 15.0 Å². The number of aryl methyl sites for hydroxylation is 1. The quantitative estimate of drug-likeness (QED) is 0.832. The highest BCUT2D eigenvalue weighted by molar-refractivity contribution is 5.49. The first-order valence-electron chi connectivity index (χ1n) is 5.54. The van der Waals surface area contributed by atoms with Gasteiger partial charge >= 0.3 is 0 Å². The number of hydrogen-bond donors (Lipinski definition) is 1. The van der Waals surface area contributed by atoms with Crippen LogP contribution >= 0.6 is 0 Å². The average molecular weight is 214 g/mol. The first kappa shape index (κ1) is 9.39. The van der Waals surface area contributed by atoms with Gasteiger partial charge in [-0.15, -0.1) is 5.10 Å². The summed E-state index contributed by atoms with van der Waals surface area (Å²) in [4.78, 5) is 0. The lowest BCUT2D eigenvalue weighted by Gasteiger charge is -2.06. The van der Waals surface area contributed by atoms with E-state index in [9.17, 15) is 0 Å². The number of benzene rings is 1. The van der Waals surface area contributed by atoms with Gasteiger partial charge in [0.1, 0.15) is 5.69 Å². The largest absolute Gasteiger partial charge is 0.382 e. The number of nitrogens with zero attached hydrogens (tertiary/aromatic N) is 3. The van der Waals surface area contributed by atoms with Crippen molar-refractivity contribution in [1.29, 1.82) is 0 Å². The third kappa shape index (κ3) is 1.38. The second-order valence-electron chi connectivity index (χ2n) is 4.33. The third-order valence-electron chi connectivity index (χ3n) is 3.04. The molecule has 1 saturated carbocycles. The molecule has 0 aliphatic heterocycles. The lowest BCUT2D eigenvalue weighted by Crippen LogP contribution is -2.04. The van der Waals surface area contributed by atoms with Crippen molar-refractivity contribution in [3.63, 3.8) is 0 Å². The Hall–Kier alpha value is -1.84. The van der Waals surface area contributed by atoms with Gasteiger partial charge in [-0.05, 0) is 31.4 Å². The molecule has 1 heterocycles. The van der Waals surface area contributed by atoms with E-state index in [-0.39, 0.29) is 0 Å². The number of rotatable bonds is 2. The maximum absolute atomic E-state index is 6.08. The van der Waals surface area contributed by atoms with E-state index in [0.717, 1.165) is 16.9 Å². The molecule has 82 valence electrons. The predicted octanol–water partition coefficient (Wildman–Crippen LogP) is 2.04. The van der Waals surface area contributed by atoms with Crippen LogP contribution in [0.5, 0.6) is 0 Å². The van der Waals surface area contributed by atoms with E-state index >= 15 is 0 Å². The van der Waals surface area contributed by atoms with E-state index in [1.807, 2.05) is 31.2 Å². The smallest absolute Gasteiger partial charge is 0.151 e. The van der Waals surface area contributed by atoms with Gasteiger partial charge < -0.3 is 5.73 Å². The molecule has 0 bridgehead atoms. The molecule has 4 heteroatoms. The summed E-state index contributed by atoms with van der Waals surface area (Å²) in [6.45, 7) is 2.05. The van der Waals surface area contributed by atoms with Gasteiger partial charge in [0, 0.05) is 5.92 Å². The number of nitrogens with two attached hydrogens (primary N) is 1. The van der Waals surface area contributed by atoms with Gasteiger partial charge in [0.05, 0.1) is 5.69 Å².